The Morgan fingerprint density at radius 1 is 1.15 bits per heavy atom. The summed E-state index contributed by atoms with van der Waals surface area (Å²) < 4.78 is 5.41. The topological polar surface area (TPSA) is 125 Å². The highest BCUT2D eigenvalue weighted by Gasteiger charge is 2.35. The largest absolute Gasteiger partial charge is 0.497 e. The number of benzene rings is 2. The molecule has 0 spiro atoms. The smallest absolute Gasteiger partial charge is 0.316 e. The van der Waals surface area contributed by atoms with Crippen LogP contribution in [0.5, 0.6) is 5.75 Å². The molecule has 2 aromatic rings. The maximum atomic E-state index is 12.8. The van der Waals surface area contributed by atoms with Crippen molar-refractivity contribution >= 4 is 23.7 Å². The Hall–Kier alpha value is -4.14. The fourth-order valence-corrected chi connectivity index (χ4v) is 3.84. The SMILES string of the molecule is COc1cc(-c2ccccc2C)cc([C@H](CC(=O)O)NC(=O)NC2C(=O)C(C)=CN(C)C2=O)c1. The first-order chi connectivity index (χ1) is 16.1. The number of nitrogens with one attached hydrogen (secondary N) is 2. The summed E-state index contributed by atoms with van der Waals surface area (Å²) in [6.45, 7) is 3.51. The van der Waals surface area contributed by atoms with E-state index in [0.717, 1.165) is 16.7 Å². The van der Waals surface area contributed by atoms with Crippen molar-refractivity contribution in [3.8, 4) is 16.9 Å². The van der Waals surface area contributed by atoms with E-state index >= 15 is 0 Å². The van der Waals surface area contributed by atoms with Crippen molar-refractivity contribution in [2.24, 2.45) is 0 Å². The molecule has 34 heavy (non-hydrogen) atoms. The molecule has 0 radical (unpaired) electrons. The van der Waals surface area contributed by atoms with E-state index in [-0.39, 0.29) is 0 Å². The molecule has 0 aliphatic carbocycles. The lowest BCUT2D eigenvalue weighted by Crippen LogP contribution is -2.56. The number of carbonyl (C=O) groups is 4. The van der Waals surface area contributed by atoms with Crippen LogP contribution in [0.2, 0.25) is 0 Å². The lowest BCUT2D eigenvalue weighted by molar-refractivity contribution is -0.138. The van der Waals surface area contributed by atoms with Gasteiger partial charge in [0, 0.05) is 18.8 Å². The number of amides is 3. The molecule has 3 amide bonds. The van der Waals surface area contributed by atoms with Crippen LogP contribution in [0.25, 0.3) is 11.1 Å². The van der Waals surface area contributed by atoms with Gasteiger partial charge in [-0.2, -0.15) is 0 Å². The third kappa shape index (κ3) is 5.43. The van der Waals surface area contributed by atoms with Gasteiger partial charge in [0.15, 0.2) is 11.8 Å². The summed E-state index contributed by atoms with van der Waals surface area (Å²) in [6.07, 6.45) is 0.983. The van der Waals surface area contributed by atoms with Crippen molar-refractivity contribution in [1.29, 1.82) is 0 Å². The zero-order chi connectivity index (χ0) is 25.0. The highest BCUT2D eigenvalue weighted by atomic mass is 16.5. The molecule has 0 fully saturated rings. The number of carbonyl (C=O) groups excluding carboxylic acids is 3. The molecule has 9 heteroatoms. The number of urea groups is 1. The quantitative estimate of drug-likeness (QED) is 0.540. The summed E-state index contributed by atoms with van der Waals surface area (Å²) in [7, 11) is 2.99. The van der Waals surface area contributed by atoms with Crippen LogP contribution in [0.1, 0.15) is 30.5 Å². The Bertz CT molecular complexity index is 1170. The van der Waals surface area contributed by atoms with Gasteiger partial charge in [-0.1, -0.05) is 24.3 Å². The van der Waals surface area contributed by atoms with E-state index in [1.165, 1.54) is 25.3 Å². The van der Waals surface area contributed by atoms with Gasteiger partial charge in [0.1, 0.15) is 5.75 Å². The molecule has 1 aliphatic rings. The number of likely N-dealkylation sites (N-methyl/N-ethyl adjacent to an activating group) is 1. The number of hydrogen-bond acceptors (Lipinski definition) is 5. The first-order valence-corrected chi connectivity index (χ1v) is 10.6. The predicted octanol–water partition coefficient (Wildman–Crippen LogP) is 2.80. The van der Waals surface area contributed by atoms with Gasteiger partial charge in [-0.05, 0) is 54.3 Å². The third-order valence-electron chi connectivity index (χ3n) is 5.62. The van der Waals surface area contributed by atoms with E-state index in [9.17, 15) is 24.3 Å². The van der Waals surface area contributed by atoms with Crippen molar-refractivity contribution in [2.75, 3.05) is 14.2 Å². The van der Waals surface area contributed by atoms with Gasteiger partial charge in [0.05, 0.1) is 19.6 Å². The molecular formula is C25H27N3O6. The molecule has 0 saturated carbocycles. The molecule has 3 N–H and O–H groups in total. The zero-order valence-electron chi connectivity index (χ0n) is 19.4. The van der Waals surface area contributed by atoms with E-state index in [4.69, 9.17) is 4.74 Å². The first kappa shape index (κ1) is 24.5. The summed E-state index contributed by atoms with van der Waals surface area (Å²) in [5.74, 6) is -1.73. The molecule has 1 unspecified atom stereocenters. The van der Waals surface area contributed by atoms with E-state index in [0.29, 0.717) is 16.9 Å². The minimum absolute atomic E-state index is 0.324. The number of aryl methyl sites for hydroxylation is 1. The molecule has 2 aromatic carbocycles. The van der Waals surface area contributed by atoms with Gasteiger partial charge < -0.3 is 25.4 Å². The maximum absolute atomic E-state index is 12.8. The van der Waals surface area contributed by atoms with Crippen molar-refractivity contribution in [1.82, 2.24) is 15.5 Å². The maximum Gasteiger partial charge on any atom is 0.316 e. The molecule has 3 rings (SSSR count). The zero-order valence-corrected chi connectivity index (χ0v) is 19.4. The summed E-state index contributed by atoms with van der Waals surface area (Å²) >= 11 is 0. The van der Waals surface area contributed by atoms with Crippen LogP contribution >= 0.6 is 0 Å². The monoisotopic (exact) mass is 465 g/mol. The number of ketones is 1. The Morgan fingerprint density at radius 3 is 2.50 bits per heavy atom. The Balaban J connectivity index is 1.91. The molecule has 178 valence electrons. The summed E-state index contributed by atoms with van der Waals surface area (Å²) in [5.41, 5.74) is 3.58. The van der Waals surface area contributed by atoms with Gasteiger partial charge in [-0.15, -0.1) is 0 Å². The van der Waals surface area contributed by atoms with E-state index < -0.39 is 42.2 Å². The molecule has 1 heterocycles. The minimum atomic E-state index is -1.38. The van der Waals surface area contributed by atoms with Crippen LogP contribution in [0.15, 0.2) is 54.2 Å². The van der Waals surface area contributed by atoms with E-state index in [2.05, 4.69) is 10.6 Å². The lowest BCUT2D eigenvalue weighted by Gasteiger charge is -2.27. The Kier molecular flexibility index (Phi) is 7.35. The summed E-state index contributed by atoms with van der Waals surface area (Å²) in [5, 5.41) is 14.4. The second-order valence-corrected chi connectivity index (χ2v) is 8.14. The fraction of sp³-hybridized carbons (Fsp3) is 0.280. The number of carboxylic acids is 1. The first-order valence-electron chi connectivity index (χ1n) is 10.6. The van der Waals surface area contributed by atoms with Gasteiger partial charge in [-0.3, -0.25) is 14.4 Å². The molecule has 1 aliphatic heterocycles. The van der Waals surface area contributed by atoms with Crippen LogP contribution in [-0.4, -0.2) is 53.9 Å². The normalized spacial score (nSPS) is 16.5. The van der Waals surface area contributed by atoms with Gasteiger partial charge in [0.25, 0.3) is 5.91 Å². The second kappa shape index (κ2) is 10.2. The number of aliphatic carboxylic acids is 1. The van der Waals surface area contributed by atoms with Crippen LogP contribution < -0.4 is 15.4 Å². The molecule has 0 bridgehead atoms. The van der Waals surface area contributed by atoms with Crippen LogP contribution in [0.3, 0.4) is 0 Å². The van der Waals surface area contributed by atoms with Crippen LogP contribution in [-0.2, 0) is 14.4 Å². The second-order valence-electron chi connectivity index (χ2n) is 8.14. The number of Topliss-reactive ketones (excluding diaryl/α,β-unsaturated/α-hetero) is 1. The highest BCUT2D eigenvalue weighted by Crippen LogP contribution is 2.31. The van der Waals surface area contributed by atoms with Gasteiger partial charge in [0.2, 0.25) is 0 Å². The number of methoxy groups -OCH3 is 1. The number of carboxylic acid groups (broad SMARTS) is 1. The average molecular weight is 466 g/mol. The van der Waals surface area contributed by atoms with E-state index in [1.807, 2.05) is 37.3 Å². The summed E-state index contributed by atoms with van der Waals surface area (Å²) in [4.78, 5) is 50.3. The lowest BCUT2D eigenvalue weighted by atomic mass is 9.95. The van der Waals surface area contributed by atoms with Crippen LogP contribution in [0.4, 0.5) is 4.79 Å². The molecular weight excluding hydrogens is 438 g/mol. The van der Waals surface area contributed by atoms with Crippen molar-refractivity contribution < 1.29 is 29.0 Å². The third-order valence-corrected chi connectivity index (χ3v) is 5.62. The molecule has 9 nitrogen and oxygen atoms in total. The standard InChI is InChI=1S/C25H27N3O6/c1-14-7-5-6-8-19(14)16-9-17(11-18(10-16)34-4)20(12-21(29)30)26-25(33)27-22-23(31)15(2)13-28(3)24(22)32/h5-11,13,20,22H,12H2,1-4H3,(H,29,30)(H2,26,27,33)/t20-,22?/m0/s1. The van der Waals surface area contributed by atoms with Crippen LogP contribution in [0, 0.1) is 6.92 Å². The number of ether oxygens (including phenoxy) is 1. The van der Waals surface area contributed by atoms with Gasteiger partial charge >= 0.3 is 12.0 Å². The minimum Gasteiger partial charge on any atom is -0.497 e. The molecule has 2 atom stereocenters. The highest BCUT2D eigenvalue weighted by molar-refractivity contribution is 6.16. The predicted molar refractivity (Wildman–Crippen MR) is 125 cm³/mol. The van der Waals surface area contributed by atoms with Crippen molar-refractivity contribution in [2.45, 2.75) is 32.4 Å². The Labute approximate surface area is 197 Å². The number of nitrogens with zero attached hydrogens (tertiary/aromatic N) is 1. The fourth-order valence-electron chi connectivity index (χ4n) is 3.84. The average Bonchev–Trinajstić information content (AvgIpc) is 2.79. The number of rotatable bonds is 7. The molecule has 0 saturated heterocycles. The van der Waals surface area contributed by atoms with Gasteiger partial charge in [-0.25, -0.2) is 4.79 Å². The van der Waals surface area contributed by atoms with Crippen molar-refractivity contribution in [3.63, 3.8) is 0 Å². The molecule has 0 aromatic heterocycles. The Morgan fingerprint density at radius 2 is 1.85 bits per heavy atom. The summed E-state index contributed by atoms with van der Waals surface area (Å²) in [6, 6.07) is 9.81. The number of hydrogen-bond donors (Lipinski definition) is 3. The van der Waals surface area contributed by atoms with E-state index in [1.54, 1.807) is 19.1 Å². The van der Waals surface area contributed by atoms with Crippen molar-refractivity contribution in [3.05, 3.63) is 65.4 Å².